The number of carbonyl (C=O) groups excluding carboxylic acids is 1. The fourth-order valence-electron chi connectivity index (χ4n) is 2.13. The molecule has 3 N–H and O–H groups in total. The molecule has 122 valence electrons. The van der Waals surface area contributed by atoms with Crippen LogP contribution in [-0.2, 0) is 6.54 Å². The Hall–Kier alpha value is -2.70. The van der Waals surface area contributed by atoms with Gasteiger partial charge >= 0.3 is 0 Å². The van der Waals surface area contributed by atoms with E-state index in [4.69, 9.17) is 5.73 Å². The maximum absolute atomic E-state index is 13.5. The number of hydrogen-bond acceptors (Lipinski definition) is 5. The lowest BCUT2D eigenvalue weighted by Gasteiger charge is -2.19. The molecule has 0 fully saturated rings. The van der Waals surface area contributed by atoms with Crippen molar-refractivity contribution in [3.05, 3.63) is 47.4 Å². The van der Waals surface area contributed by atoms with E-state index in [1.165, 1.54) is 12.3 Å². The molecule has 1 aromatic heterocycles. The Morgan fingerprint density at radius 1 is 1.30 bits per heavy atom. The summed E-state index contributed by atoms with van der Waals surface area (Å²) in [6, 6.07) is 6.26. The number of amides is 1. The third-order valence-corrected chi connectivity index (χ3v) is 3.49. The maximum Gasteiger partial charge on any atom is 0.256 e. The number of halogens is 1. The smallest absolute Gasteiger partial charge is 0.256 e. The van der Waals surface area contributed by atoms with Gasteiger partial charge in [-0.2, -0.15) is 4.98 Å². The minimum atomic E-state index is -0.433. The van der Waals surface area contributed by atoms with Crippen molar-refractivity contribution in [2.45, 2.75) is 20.4 Å². The molecule has 0 aliphatic heterocycles. The van der Waals surface area contributed by atoms with E-state index in [-0.39, 0.29) is 23.7 Å². The number of nitrogen functional groups attached to an aromatic ring is 1. The molecule has 2 aromatic rings. The third-order valence-electron chi connectivity index (χ3n) is 3.49. The molecule has 0 saturated carbocycles. The standard InChI is InChI=1S/C16H20FN5O/c1-3-22(4-2)16-20-10-12(14(18)21-16)15(23)19-9-11-7-5-6-8-13(11)17/h5-8,10H,3-4,9H2,1-2H3,(H,19,23)(H2,18,20,21). The van der Waals surface area contributed by atoms with Crippen LogP contribution in [0.2, 0.25) is 0 Å². The van der Waals surface area contributed by atoms with Gasteiger partial charge in [0.25, 0.3) is 5.91 Å². The quantitative estimate of drug-likeness (QED) is 0.851. The van der Waals surface area contributed by atoms with Crippen LogP contribution < -0.4 is 16.0 Å². The molecule has 1 amide bonds. The lowest BCUT2D eigenvalue weighted by molar-refractivity contribution is 0.0951. The first-order chi connectivity index (χ1) is 11.1. The number of nitrogens with two attached hydrogens (primary N) is 1. The summed E-state index contributed by atoms with van der Waals surface area (Å²) in [6.45, 7) is 5.53. The molecule has 0 bridgehead atoms. The van der Waals surface area contributed by atoms with E-state index in [1.54, 1.807) is 18.2 Å². The second kappa shape index (κ2) is 7.53. The van der Waals surface area contributed by atoms with Crippen molar-refractivity contribution in [2.24, 2.45) is 0 Å². The Balaban J connectivity index is 2.09. The monoisotopic (exact) mass is 317 g/mol. The summed E-state index contributed by atoms with van der Waals surface area (Å²) in [6.07, 6.45) is 1.40. The normalized spacial score (nSPS) is 10.4. The summed E-state index contributed by atoms with van der Waals surface area (Å²) in [5.41, 5.74) is 6.44. The molecule has 6 nitrogen and oxygen atoms in total. The zero-order chi connectivity index (χ0) is 16.8. The van der Waals surface area contributed by atoms with Crippen LogP contribution in [-0.4, -0.2) is 29.0 Å². The van der Waals surface area contributed by atoms with Crippen LogP contribution in [0.3, 0.4) is 0 Å². The molecule has 23 heavy (non-hydrogen) atoms. The van der Waals surface area contributed by atoms with Gasteiger partial charge in [-0.15, -0.1) is 0 Å². The van der Waals surface area contributed by atoms with Crippen LogP contribution in [0.5, 0.6) is 0 Å². The second-order valence-corrected chi connectivity index (χ2v) is 4.92. The van der Waals surface area contributed by atoms with Crippen molar-refractivity contribution in [2.75, 3.05) is 23.7 Å². The van der Waals surface area contributed by atoms with Gasteiger partial charge in [0.15, 0.2) is 0 Å². The van der Waals surface area contributed by atoms with Crippen molar-refractivity contribution >= 4 is 17.7 Å². The van der Waals surface area contributed by atoms with Gasteiger partial charge < -0.3 is 16.0 Å². The number of benzene rings is 1. The van der Waals surface area contributed by atoms with E-state index < -0.39 is 5.91 Å². The summed E-state index contributed by atoms with van der Waals surface area (Å²) in [7, 11) is 0. The molecule has 2 rings (SSSR count). The molecular weight excluding hydrogens is 297 g/mol. The van der Waals surface area contributed by atoms with Gasteiger partial charge in [0.1, 0.15) is 11.6 Å². The molecule has 7 heteroatoms. The van der Waals surface area contributed by atoms with E-state index in [2.05, 4.69) is 15.3 Å². The minimum Gasteiger partial charge on any atom is -0.383 e. The number of rotatable bonds is 6. The topological polar surface area (TPSA) is 84.1 Å². The molecule has 0 radical (unpaired) electrons. The highest BCUT2D eigenvalue weighted by Gasteiger charge is 2.15. The molecule has 0 saturated heterocycles. The average molecular weight is 317 g/mol. The van der Waals surface area contributed by atoms with E-state index in [0.29, 0.717) is 11.5 Å². The van der Waals surface area contributed by atoms with Crippen LogP contribution in [0, 0.1) is 5.82 Å². The first kappa shape index (κ1) is 16.7. The molecule has 0 atom stereocenters. The molecule has 1 heterocycles. The third kappa shape index (κ3) is 3.94. The highest BCUT2D eigenvalue weighted by Crippen LogP contribution is 2.14. The highest BCUT2D eigenvalue weighted by atomic mass is 19.1. The van der Waals surface area contributed by atoms with Gasteiger partial charge in [0.2, 0.25) is 5.95 Å². The first-order valence-corrected chi connectivity index (χ1v) is 7.45. The Kier molecular flexibility index (Phi) is 5.46. The Morgan fingerprint density at radius 3 is 2.61 bits per heavy atom. The Morgan fingerprint density at radius 2 is 2.00 bits per heavy atom. The molecular formula is C16H20FN5O. The summed E-state index contributed by atoms with van der Waals surface area (Å²) < 4.78 is 13.5. The minimum absolute atomic E-state index is 0.0722. The fraction of sp³-hybridized carbons (Fsp3) is 0.312. The summed E-state index contributed by atoms with van der Waals surface area (Å²) >= 11 is 0. The van der Waals surface area contributed by atoms with E-state index in [9.17, 15) is 9.18 Å². The predicted molar refractivity (Wildman–Crippen MR) is 87.6 cm³/mol. The Bertz CT molecular complexity index is 688. The Labute approximate surface area is 134 Å². The summed E-state index contributed by atoms with van der Waals surface area (Å²) in [5.74, 6) is -0.211. The number of hydrogen-bond donors (Lipinski definition) is 2. The lowest BCUT2D eigenvalue weighted by Crippen LogP contribution is -2.27. The molecule has 0 aliphatic carbocycles. The molecule has 0 aliphatic rings. The van der Waals surface area contributed by atoms with Crippen molar-refractivity contribution < 1.29 is 9.18 Å². The van der Waals surface area contributed by atoms with Gasteiger partial charge in [0.05, 0.1) is 5.56 Å². The molecule has 1 aromatic carbocycles. The van der Waals surface area contributed by atoms with Crippen LogP contribution in [0.1, 0.15) is 29.8 Å². The first-order valence-electron chi connectivity index (χ1n) is 7.45. The van der Waals surface area contributed by atoms with Gasteiger partial charge in [0, 0.05) is 31.4 Å². The van der Waals surface area contributed by atoms with Crippen LogP contribution in [0.15, 0.2) is 30.5 Å². The van der Waals surface area contributed by atoms with Crippen molar-refractivity contribution in [1.29, 1.82) is 0 Å². The van der Waals surface area contributed by atoms with Gasteiger partial charge in [-0.3, -0.25) is 4.79 Å². The highest BCUT2D eigenvalue weighted by molar-refractivity contribution is 5.98. The van der Waals surface area contributed by atoms with Gasteiger partial charge in [-0.1, -0.05) is 18.2 Å². The maximum atomic E-state index is 13.5. The van der Waals surface area contributed by atoms with Crippen LogP contribution in [0.25, 0.3) is 0 Å². The second-order valence-electron chi connectivity index (χ2n) is 4.92. The SMILES string of the molecule is CCN(CC)c1ncc(C(=O)NCc2ccccc2F)c(N)n1. The van der Waals surface area contributed by atoms with Crippen molar-refractivity contribution in [3.8, 4) is 0 Å². The summed E-state index contributed by atoms with van der Waals surface area (Å²) in [4.78, 5) is 22.4. The largest absolute Gasteiger partial charge is 0.383 e. The van der Waals surface area contributed by atoms with Gasteiger partial charge in [-0.05, 0) is 19.9 Å². The molecule has 0 unspecified atom stereocenters. The lowest BCUT2D eigenvalue weighted by atomic mass is 10.2. The van der Waals surface area contributed by atoms with Crippen LogP contribution in [0.4, 0.5) is 16.2 Å². The average Bonchev–Trinajstić information content (AvgIpc) is 2.55. The number of nitrogens with zero attached hydrogens (tertiary/aromatic N) is 3. The van der Waals surface area contributed by atoms with Crippen molar-refractivity contribution in [1.82, 2.24) is 15.3 Å². The van der Waals surface area contributed by atoms with Gasteiger partial charge in [-0.25, -0.2) is 9.37 Å². The van der Waals surface area contributed by atoms with E-state index in [1.807, 2.05) is 18.7 Å². The van der Waals surface area contributed by atoms with E-state index >= 15 is 0 Å². The predicted octanol–water partition coefficient (Wildman–Crippen LogP) is 1.97. The number of carbonyl (C=O) groups is 1. The van der Waals surface area contributed by atoms with Crippen molar-refractivity contribution in [3.63, 3.8) is 0 Å². The van der Waals surface area contributed by atoms with E-state index in [0.717, 1.165) is 13.1 Å². The number of nitrogens with one attached hydrogen (secondary N) is 1. The summed E-state index contributed by atoms with van der Waals surface area (Å²) in [5, 5.41) is 2.62. The number of anilines is 2. The molecule has 0 spiro atoms. The fourth-order valence-corrected chi connectivity index (χ4v) is 2.13. The number of aromatic nitrogens is 2. The zero-order valence-electron chi connectivity index (χ0n) is 13.2. The van der Waals surface area contributed by atoms with Crippen LogP contribution >= 0.6 is 0 Å². The zero-order valence-corrected chi connectivity index (χ0v) is 13.2.